The molecule has 2 aromatic heterocycles. The quantitative estimate of drug-likeness (QED) is 0.203. The molecule has 0 bridgehead atoms. The third kappa shape index (κ3) is 5.05. The van der Waals surface area contributed by atoms with Crippen LogP contribution >= 0.6 is 0 Å². The van der Waals surface area contributed by atoms with Crippen LogP contribution in [0.1, 0.15) is 0 Å². The summed E-state index contributed by atoms with van der Waals surface area (Å²) in [5.41, 5.74) is -9.63. The fraction of sp³-hybridized carbons (Fsp3) is 0. The van der Waals surface area contributed by atoms with E-state index in [1.807, 2.05) is 0 Å². The van der Waals surface area contributed by atoms with E-state index in [2.05, 4.69) is 35.5 Å². The summed E-state index contributed by atoms with van der Waals surface area (Å²) < 4.78 is 4.44. The Morgan fingerprint density at radius 2 is 0.805 bits per heavy atom. The number of hydrogen-bond acceptors (Lipinski definition) is 19. The van der Waals surface area contributed by atoms with Crippen molar-refractivity contribution in [1.82, 2.24) is 20.3 Å². The van der Waals surface area contributed by atoms with Crippen LogP contribution in [0.4, 0.5) is 57.1 Å². The number of benzene rings is 2. The first-order valence-corrected chi connectivity index (χ1v) is 10.0. The van der Waals surface area contributed by atoms with E-state index in [1.54, 1.807) is 0 Å². The molecule has 0 amide bonds. The van der Waals surface area contributed by atoms with Crippen molar-refractivity contribution >= 4 is 68.4 Å². The van der Waals surface area contributed by atoms with Crippen molar-refractivity contribution in [3.8, 4) is 0 Å². The maximum atomic E-state index is 11.7. The van der Waals surface area contributed by atoms with Crippen LogP contribution < -0.4 is 10.6 Å². The Bertz CT molecular complexity index is 1640. The maximum Gasteiger partial charge on any atom is 0.306 e. The third-order valence-corrected chi connectivity index (χ3v) is 4.97. The summed E-state index contributed by atoms with van der Waals surface area (Å²) in [7, 11) is 0. The van der Waals surface area contributed by atoms with E-state index in [1.165, 1.54) is 0 Å². The van der Waals surface area contributed by atoms with Gasteiger partial charge >= 0.3 is 22.7 Å². The highest BCUT2D eigenvalue weighted by atomic mass is 16.6. The molecule has 2 N–H and O–H groups in total. The van der Waals surface area contributed by atoms with Gasteiger partial charge in [0.15, 0.2) is 23.0 Å². The van der Waals surface area contributed by atoms with Crippen molar-refractivity contribution in [3.63, 3.8) is 0 Å². The lowest BCUT2D eigenvalue weighted by atomic mass is 10.2. The van der Waals surface area contributed by atoms with Gasteiger partial charge in [-0.2, -0.15) is 0 Å². The normalized spacial score (nSPS) is 10.6. The molecule has 4 aromatic rings. The molecule has 41 heavy (non-hydrogen) atoms. The summed E-state index contributed by atoms with van der Waals surface area (Å²) in [6, 6.07) is 1.55. The summed E-state index contributed by atoms with van der Waals surface area (Å²) in [6.07, 6.45) is 0. The zero-order valence-electron chi connectivity index (χ0n) is 19.1. The fourth-order valence-electron chi connectivity index (χ4n) is 3.29. The molecule has 0 atom stereocenters. The van der Waals surface area contributed by atoms with Crippen molar-refractivity contribution in [3.05, 3.63) is 85.0 Å². The molecule has 0 spiro atoms. The van der Waals surface area contributed by atoms with Gasteiger partial charge in [-0.25, -0.2) is 14.6 Å². The number of anilines is 4. The van der Waals surface area contributed by atoms with Gasteiger partial charge in [-0.15, -0.1) is 0 Å². The highest BCUT2D eigenvalue weighted by molar-refractivity contribution is 5.89. The van der Waals surface area contributed by atoms with Gasteiger partial charge in [-0.05, 0) is 10.3 Å². The third-order valence-electron chi connectivity index (χ3n) is 4.97. The lowest BCUT2D eigenvalue weighted by molar-refractivity contribution is -0.402. The number of hydrogen-bond donors (Lipinski definition) is 2. The van der Waals surface area contributed by atoms with E-state index in [0.29, 0.717) is 24.3 Å². The molecule has 0 saturated carbocycles. The second-order valence-corrected chi connectivity index (χ2v) is 7.34. The first-order chi connectivity index (χ1) is 19.3. The number of non-ortho nitro benzene ring substituents is 2. The molecule has 0 radical (unpaired) electrons. The Hall–Kier alpha value is -7.08. The second-order valence-electron chi connectivity index (χ2n) is 7.34. The van der Waals surface area contributed by atoms with E-state index in [4.69, 9.17) is 0 Å². The average molecular weight is 574 g/mol. The Labute approximate surface area is 219 Å². The minimum Gasteiger partial charge on any atom is -0.326 e. The molecular weight excluding hydrogens is 568 g/mol. The SMILES string of the molecule is O=[N+]([O-])c1cc([N+](=O)[O-])c(Nc2nc3nonc3nc2Nc2c([N+](=O)[O-])cc([N+](=O)[O-])cc2[N+](=O)[O-])c([N+](=O)[O-])c1. The highest BCUT2D eigenvalue weighted by Crippen LogP contribution is 2.43. The standard InChI is InChI=1S/C16H6N12O13/c29-23(30)5-1-7(25(33)34)11(8(2-5)26(35)36)17-13-14(20-16-15(19-13)21-41-22-16)18-12-9(27(37)38)3-6(24(31)32)4-10(12)28(39)40/h1-4H,(H,17,19,21)(H,18,20,22). The molecule has 25 heteroatoms. The predicted octanol–water partition coefficient (Wildman–Crippen LogP) is 2.95. The molecule has 25 nitrogen and oxygen atoms in total. The first-order valence-electron chi connectivity index (χ1n) is 10.0. The van der Waals surface area contributed by atoms with Crippen molar-refractivity contribution < 1.29 is 34.2 Å². The molecule has 0 aliphatic rings. The smallest absolute Gasteiger partial charge is 0.306 e. The Morgan fingerprint density at radius 1 is 0.512 bits per heavy atom. The summed E-state index contributed by atoms with van der Waals surface area (Å²) in [5, 5.41) is 80.0. The maximum absolute atomic E-state index is 11.7. The molecule has 2 aromatic carbocycles. The molecule has 0 aliphatic heterocycles. The van der Waals surface area contributed by atoms with Gasteiger partial charge in [-0.1, -0.05) is 0 Å². The summed E-state index contributed by atoms with van der Waals surface area (Å²) in [4.78, 5) is 69.6. The van der Waals surface area contributed by atoms with E-state index in [-0.39, 0.29) is 0 Å². The van der Waals surface area contributed by atoms with E-state index in [0.717, 1.165) is 0 Å². The molecule has 4 rings (SSSR count). The van der Waals surface area contributed by atoms with Crippen LogP contribution in [0.2, 0.25) is 0 Å². The number of nitrogens with one attached hydrogen (secondary N) is 2. The van der Waals surface area contributed by atoms with E-state index in [9.17, 15) is 60.7 Å². The summed E-state index contributed by atoms with van der Waals surface area (Å²) >= 11 is 0. The van der Waals surface area contributed by atoms with Crippen LogP contribution in [-0.2, 0) is 0 Å². The van der Waals surface area contributed by atoms with Gasteiger partial charge in [0.1, 0.15) is 0 Å². The zero-order valence-corrected chi connectivity index (χ0v) is 19.1. The van der Waals surface area contributed by atoms with Crippen LogP contribution in [-0.4, -0.2) is 49.8 Å². The highest BCUT2D eigenvalue weighted by Gasteiger charge is 2.34. The number of aromatic nitrogens is 4. The molecule has 2 heterocycles. The van der Waals surface area contributed by atoms with Crippen LogP contribution in [0.15, 0.2) is 28.9 Å². The average Bonchev–Trinajstić information content (AvgIpc) is 3.35. The van der Waals surface area contributed by atoms with Crippen molar-refractivity contribution in [2.24, 2.45) is 0 Å². The molecule has 0 saturated heterocycles. The van der Waals surface area contributed by atoms with Gasteiger partial charge in [-0.3, -0.25) is 60.7 Å². The molecule has 208 valence electrons. The largest absolute Gasteiger partial charge is 0.326 e. The van der Waals surface area contributed by atoms with Gasteiger partial charge in [0.2, 0.25) is 11.3 Å². The minimum atomic E-state index is -1.20. The van der Waals surface area contributed by atoms with Crippen molar-refractivity contribution in [1.29, 1.82) is 0 Å². The van der Waals surface area contributed by atoms with E-state index < -0.39 is 98.0 Å². The summed E-state index contributed by atoms with van der Waals surface area (Å²) in [5.74, 6) is -1.51. The van der Waals surface area contributed by atoms with Gasteiger partial charge in [0.05, 0.1) is 53.8 Å². The molecule has 0 fully saturated rings. The second kappa shape index (κ2) is 10.00. The van der Waals surface area contributed by atoms with Gasteiger partial charge in [0.25, 0.3) is 11.4 Å². The lowest BCUT2D eigenvalue weighted by Gasteiger charge is -2.12. The number of nitrogens with zero attached hydrogens (tertiary/aromatic N) is 10. The number of nitro benzene ring substituents is 6. The van der Waals surface area contributed by atoms with Crippen LogP contribution in [0.3, 0.4) is 0 Å². The lowest BCUT2D eigenvalue weighted by Crippen LogP contribution is -2.09. The van der Waals surface area contributed by atoms with Crippen molar-refractivity contribution in [2.75, 3.05) is 10.6 Å². The first kappa shape index (κ1) is 27.0. The van der Waals surface area contributed by atoms with Gasteiger partial charge < -0.3 is 10.6 Å². The number of rotatable bonds is 10. The topological polar surface area (TPSA) is 348 Å². The van der Waals surface area contributed by atoms with Crippen LogP contribution in [0.5, 0.6) is 0 Å². The number of nitro groups is 6. The summed E-state index contributed by atoms with van der Waals surface area (Å²) in [6.45, 7) is 0. The minimum absolute atomic E-state index is 0.387. The number of fused-ring (bicyclic) bond motifs is 1. The van der Waals surface area contributed by atoms with Crippen molar-refractivity contribution in [2.45, 2.75) is 0 Å². The predicted molar refractivity (Wildman–Crippen MR) is 127 cm³/mol. The Kier molecular flexibility index (Phi) is 6.58. The van der Waals surface area contributed by atoms with Crippen LogP contribution in [0.25, 0.3) is 11.3 Å². The van der Waals surface area contributed by atoms with Gasteiger partial charge in [0, 0.05) is 0 Å². The zero-order chi connectivity index (χ0) is 30.2. The molecule has 0 aliphatic carbocycles. The molecule has 0 unspecified atom stereocenters. The van der Waals surface area contributed by atoms with E-state index >= 15 is 0 Å². The fourth-order valence-corrected chi connectivity index (χ4v) is 3.29. The van der Waals surface area contributed by atoms with Crippen LogP contribution in [0, 0.1) is 60.7 Å². The Balaban J connectivity index is 1.98. The molecular formula is C16H6N12O13. The Morgan fingerprint density at radius 3 is 1.05 bits per heavy atom. The monoisotopic (exact) mass is 574 g/mol.